The van der Waals surface area contributed by atoms with E-state index in [9.17, 15) is 4.21 Å². The van der Waals surface area contributed by atoms with Crippen LogP contribution in [0.2, 0.25) is 0 Å². The van der Waals surface area contributed by atoms with E-state index in [0.717, 1.165) is 7.11 Å². The highest BCUT2D eigenvalue weighted by Gasteiger charge is 1.78. The largest absolute Gasteiger partial charge is 0.412 e. The molecule has 7 heteroatoms. The standard InChI is InChI=1S/C2H6OS.CHCl3.CH4O.H2O/c1-4(2)3;2-1(3)4;1-2;/h1-2H3;1H;2H,1H3;1H2. The average Bonchev–Trinajstić information content (AvgIpc) is 1.66. The third-order valence-electron chi connectivity index (χ3n) is 0. The molecule has 0 aliphatic carbocycles. The fourth-order valence-corrected chi connectivity index (χ4v) is 0. The van der Waals surface area contributed by atoms with Crippen LogP contribution in [0.3, 0.4) is 0 Å². The number of halogens is 3. The zero-order valence-corrected chi connectivity index (χ0v) is 9.56. The lowest BCUT2D eigenvalue weighted by Gasteiger charge is -1.69. The van der Waals surface area contributed by atoms with E-state index in [0.29, 0.717) is 0 Å². The maximum Gasteiger partial charge on any atom is 0.180 e. The molecule has 0 amide bonds. The zero-order valence-electron chi connectivity index (χ0n) is 6.47. The van der Waals surface area contributed by atoms with Crippen molar-refractivity contribution in [1.29, 1.82) is 0 Å². The molecule has 3 nitrogen and oxygen atoms in total. The second-order valence-electron chi connectivity index (χ2n) is 0.989. The molecule has 0 unspecified atom stereocenters. The van der Waals surface area contributed by atoms with Gasteiger partial charge in [0.05, 0.1) is 0 Å². The molecule has 74 valence electrons. The van der Waals surface area contributed by atoms with Crippen LogP contribution in [-0.2, 0) is 10.8 Å². The maximum atomic E-state index is 9.56. The van der Waals surface area contributed by atoms with Crippen LogP contribution in [0.25, 0.3) is 0 Å². The fourth-order valence-electron chi connectivity index (χ4n) is 0. The Morgan fingerprint density at radius 1 is 1.18 bits per heavy atom. The first kappa shape index (κ1) is 22.7. The molecule has 0 radical (unpaired) electrons. The van der Waals surface area contributed by atoms with Crippen molar-refractivity contribution in [2.24, 2.45) is 0 Å². The third-order valence-corrected chi connectivity index (χ3v) is 0. The number of aliphatic hydroxyl groups is 1. The molecule has 0 rings (SSSR count). The highest BCUT2D eigenvalue weighted by molar-refractivity contribution is 7.83. The van der Waals surface area contributed by atoms with Gasteiger partial charge in [-0.15, -0.1) is 0 Å². The minimum atomic E-state index is -0.750. The van der Waals surface area contributed by atoms with Crippen molar-refractivity contribution in [1.82, 2.24) is 0 Å². The Balaban J connectivity index is -0.0000000339. The molecule has 11 heavy (non-hydrogen) atoms. The summed E-state index contributed by atoms with van der Waals surface area (Å²) in [6, 6.07) is 0. The van der Waals surface area contributed by atoms with E-state index in [1.807, 2.05) is 0 Å². The molecule has 0 aromatic heterocycles. The summed E-state index contributed by atoms with van der Waals surface area (Å²) in [4.78, 5) is 0. The Hall–Kier alpha value is 0.940. The van der Waals surface area contributed by atoms with Crippen molar-refractivity contribution < 1.29 is 14.8 Å². The lowest BCUT2D eigenvalue weighted by atomic mass is 11.8. The van der Waals surface area contributed by atoms with E-state index in [-0.39, 0.29) is 5.48 Å². The molecule has 0 saturated carbocycles. The van der Waals surface area contributed by atoms with Crippen LogP contribution in [0.1, 0.15) is 0 Å². The summed E-state index contributed by atoms with van der Waals surface area (Å²) in [6.07, 6.45) is 3.28. The van der Waals surface area contributed by atoms with Gasteiger partial charge in [-0.1, -0.05) is 34.8 Å². The number of rotatable bonds is 0. The van der Waals surface area contributed by atoms with Gasteiger partial charge in [0.2, 0.25) is 0 Å². The topological polar surface area (TPSA) is 68.8 Å². The number of hydrogen-bond donors (Lipinski definition) is 1. The lowest BCUT2D eigenvalue weighted by Crippen LogP contribution is -1.70. The molecule has 0 spiro atoms. The van der Waals surface area contributed by atoms with Crippen molar-refractivity contribution in [2.75, 3.05) is 19.6 Å². The summed E-state index contributed by atoms with van der Waals surface area (Å²) in [6.45, 7) is 0. The fraction of sp³-hybridized carbons (Fsp3) is 1.00. The van der Waals surface area contributed by atoms with Crippen LogP contribution >= 0.6 is 34.8 Å². The second-order valence-corrected chi connectivity index (χ2v) is 4.45. The van der Waals surface area contributed by atoms with E-state index in [4.69, 9.17) is 39.9 Å². The average molecular weight is 248 g/mol. The number of aliphatic hydroxyl groups excluding tert-OH is 1. The van der Waals surface area contributed by atoms with Crippen molar-refractivity contribution in [3.8, 4) is 0 Å². The molecule has 0 aromatic carbocycles. The van der Waals surface area contributed by atoms with Gasteiger partial charge in [-0.2, -0.15) is 0 Å². The predicted octanol–water partition coefficient (Wildman–Crippen LogP) is 0.765. The molecule has 0 bridgehead atoms. The molecule has 3 N–H and O–H groups in total. The van der Waals surface area contributed by atoms with Gasteiger partial charge in [0, 0.05) is 30.4 Å². The first-order valence-electron chi connectivity index (χ1n) is 2.09. The quantitative estimate of drug-likeness (QED) is 0.642. The highest BCUT2D eigenvalue weighted by atomic mass is 35.6. The van der Waals surface area contributed by atoms with Crippen molar-refractivity contribution >= 4 is 45.6 Å². The van der Waals surface area contributed by atoms with Gasteiger partial charge in [0.25, 0.3) is 0 Å². The summed E-state index contributed by atoms with van der Waals surface area (Å²) in [5.41, 5.74) is 0. The monoisotopic (exact) mass is 246 g/mol. The predicted molar refractivity (Wildman–Crippen MR) is 53.1 cm³/mol. The summed E-state index contributed by atoms with van der Waals surface area (Å²) < 4.78 is 8.81. The Kier molecular flexibility index (Phi) is 46.2. The Morgan fingerprint density at radius 3 is 1.18 bits per heavy atom. The molecule has 0 aliphatic rings. The van der Waals surface area contributed by atoms with Gasteiger partial charge >= 0.3 is 0 Å². The Labute approximate surface area is 84.4 Å². The van der Waals surface area contributed by atoms with Crippen LogP contribution in [0.5, 0.6) is 0 Å². The lowest BCUT2D eigenvalue weighted by molar-refractivity contribution is 0.399. The molecular weight excluding hydrogens is 234 g/mol. The highest BCUT2D eigenvalue weighted by Crippen LogP contribution is 2.03. The molecule has 0 saturated heterocycles. The number of alkyl halides is 3. The van der Waals surface area contributed by atoms with Gasteiger partial charge in [0.1, 0.15) is 0 Å². The Morgan fingerprint density at radius 2 is 1.18 bits per heavy atom. The van der Waals surface area contributed by atoms with Crippen molar-refractivity contribution in [3.63, 3.8) is 0 Å². The van der Waals surface area contributed by atoms with Gasteiger partial charge in [-0.25, -0.2) is 0 Å². The van der Waals surface area contributed by atoms with Crippen LogP contribution in [-0.4, -0.2) is 38.7 Å². The van der Waals surface area contributed by atoms with Gasteiger partial charge in [-0.3, -0.25) is 4.21 Å². The number of hydrogen-bond acceptors (Lipinski definition) is 2. The van der Waals surface area contributed by atoms with E-state index in [1.165, 1.54) is 0 Å². The van der Waals surface area contributed by atoms with Gasteiger partial charge < -0.3 is 10.6 Å². The molecular formula is C4H13Cl3O3S. The first-order valence-corrected chi connectivity index (χ1v) is 5.36. The minimum absolute atomic E-state index is 0. The van der Waals surface area contributed by atoms with E-state index in [2.05, 4.69) is 0 Å². The van der Waals surface area contributed by atoms with Crippen LogP contribution in [0, 0.1) is 0 Å². The third kappa shape index (κ3) is 990. The van der Waals surface area contributed by atoms with E-state index in [1.54, 1.807) is 12.5 Å². The van der Waals surface area contributed by atoms with Crippen LogP contribution < -0.4 is 0 Å². The van der Waals surface area contributed by atoms with Crippen LogP contribution in [0.4, 0.5) is 0 Å². The molecule has 0 aromatic rings. The zero-order chi connectivity index (χ0) is 9.15. The molecule has 0 aliphatic heterocycles. The summed E-state index contributed by atoms with van der Waals surface area (Å²) in [5, 5.41) is 7.00. The molecule has 0 fully saturated rings. The van der Waals surface area contributed by atoms with Crippen molar-refractivity contribution in [3.05, 3.63) is 0 Å². The van der Waals surface area contributed by atoms with Gasteiger partial charge in [-0.05, 0) is 0 Å². The summed E-state index contributed by atoms with van der Waals surface area (Å²) in [7, 11) is 0.389. The normalized spacial score (nSPS) is 7.00. The second kappa shape index (κ2) is 22.4. The maximum absolute atomic E-state index is 9.56. The summed E-state index contributed by atoms with van der Waals surface area (Å²) in [5.74, 6) is 0. The van der Waals surface area contributed by atoms with Crippen LogP contribution in [0.15, 0.2) is 0 Å². The first-order chi connectivity index (χ1) is 4.46. The molecule has 0 heterocycles. The smallest absolute Gasteiger partial charge is 0.180 e. The summed E-state index contributed by atoms with van der Waals surface area (Å²) >= 11 is 14.4. The Bertz CT molecular complexity index is 64.8. The van der Waals surface area contributed by atoms with E-state index >= 15 is 0 Å². The van der Waals surface area contributed by atoms with Crippen molar-refractivity contribution in [2.45, 2.75) is 4.30 Å². The SMILES string of the molecule is CO.CS(C)=O.ClC(Cl)Cl.O. The van der Waals surface area contributed by atoms with Gasteiger partial charge in [0.15, 0.2) is 4.30 Å². The molecule has 0 atom stereocenters. The minimum Gasteiger partial charge on any atom is -0.412 e. The van der Waals surface area contributed by atoms with E-state index < -0.39 is 15.1 Å².